The number of hydrogen-bond donors (Lipinski definition) is 2. The number of phenols is 1. The maximum Gasteiger partial charge on any atom is 0.334 e. The highest BCUT2D eigenvalue weighted by atomic mass is 32.2. The number of benzene rings is 1. The van der Waals surface area contributed by atoms with Crippen molar-refractivity contribution in [1.82, 2.24) is 4.90 Å². The van der Waals surface area contributed by atoms with Gasteiger partial charge in [-0.3, -0.25) is 14.5 Å². The number of carbonyl (C=O) groups is 3. The van der Waals surface area contributed by atoms with E-state index in [-0.39, 0.29) is 28.5 Å². The summed E-state index contributed by atoms with van der Waals surface area (Å²) in [4.78, 5) is 39.7. The average Bonchev–Trinajstić information content (AvgIpc) is 3.19. The fourth-order valence-electron chi connectivity index (χ4n) is 3.60. The van der Waals surface area contributed by atoms with Gasteiger partial charge in [0.05, 0.1) is 10.6 Å². The number of hydrogen-bond acceptors (Lipinski definition) is 6. The van der Waals surface area contributed by atoms with Crippen LogP contribution in [0.15, 0.2) is 53.6 Å². The van der Waals surface area contributed by atoms with E-state index in [0.717, 1.165) is 5.56 Å². The van der Waals surface area contributed by atoms with Crippen LogP contribution in [-0.2, 0) is 20.8 Å². The number of aromatic hydroxyl groups is 1. The van der Waals surface area contributed by atoms with Crippen LogP contribution >= 0.6 is 23.1 Å². The van der Waals surface area contributed by atoms with Crippen LogP contribution in [0, 0.1) is 0 Å². The number of amides is 2. The van der Waals surface area contributed by atoms with Crippen molar-refractivity contribution in [1.29, 1.82) is 0 Å². The molecule has 1 aromatic carbocycles. The highest BCUT2D eigenvalue weighted by Gasteiger charge is 2.55. The molecular formula is C20H18N2O5S2. The van der Waals surface area contributed by atoms with Gasteiger partial charge in [0.25, 0.3) is 5.91 Å². The zero-order chi connectivity index (χ0) is 20.7. The average molecular weight is 431 g/mol. The lowest BCUT2D eigenvalue weighted by atomic mass is 10.0. The molecule has 3 atom stereocenters. The van der Waals surface area contributed by atoms with Crippen molar-refractivity contribution in [2.45, 2.75) is 30.0 Å². The minimum absolute atomic E-state index is 0.114. The van der Waals surface area contributed by atoms with Gasteiger partial charge in [-0.05, 0) is 41.6 Å². The van der Waals surface area contributed by atoms with E-state index < -0.39 is 17.3 Å². The molecule has 3 heterocycles. The molecule has 0 saturated carbocycles. The third kappa shape index (κ3) is 3.51. The first-order valence-corrected chi connectivity index (χ1v) is 10.7. The molecule has 9 heteroatoms. The number of rotatable bonds is 5. The molecule has 2 amide bonds. The first-order valence-electron chi connectivity index (χ1n) is 8.90. The Hall–Kier alpha value is -2.78. The van der Waals surface area contributed by atoms with Crippen molar-refractivity contribution in [3.8, 4) is 5.75 Å². The van der Waals surface area contributed by atoms with Gasteiger partial charge in [0, 0.05) is 18.4 Å². The first-order chi connectivity index (χ1) is 13.9. The topological polar surface area (TPSA) is 98.2 Å². The van der Waals surface area contributed by atoms with E-state index in [0.29, 0.717) is 11.4 Å². The van der Waals surface area contributed by atoms with Crippen molar-refractivity contribution < 1.29 is 24.6 Å². The molecule has 2 aromatic rings. The zero-order valence-corrected chi connectivity index (χ0v) is 17.0. The van der Waals surface area contributed by atoms with Gasteiger partial charge in [-0.15, -0.1) is 23.1 Å². The van der Waals surface area contributed by atoms with E-state index in [1.807, 2.05) is 17.5 Å². The van der Waals surface area contributed by atoms with Gasteiger partial charge in [0.2, 0.25) is 5.91 Å². The van der Waals surface area contributed by atoms with E-state index in [1.54, 1.807) is 24.3 Å². The lowest BCUT2D eigenvalue weighted by Crippen LogP contribution is -2.70. The normalized spacial score (nSPS) is 23.1. The van der Waals surface area contributed by atoms with Crippen LogP contribution in [0.2, 0.25) is 0 Å². The fourth-order valence-corrected chi connectivity index (χ4v) is 6.03. The third-order valence-electron chi connectivity index (χ3n) is 4.92. The highest BCUT2D eigenvalue weighted by Crippen LogP contribution is 2.45. The van der Waals surface area contributed by atoms with Crippen LogP contribution in [0.1, 0.15) is 12.5 Å². The van der Waals surface area contributed by atoms with Crippen molar-refractivity contribution >= 4 is 45.9 Å². The van der Waals surface area contributed by atoms with Gasteiger partial charge >= 0.3 is 5.97 Å². The zero-order valence-electron chi connectivity index (χ0n) is 15.4. The van der Waals surface area contributed by atoms with E-state index in [2.05, 4.69) is 0 Å². The molecule has 1 aromatic heterocycles. The summed E-state index contributed by atoms with van der Waals surface area (Å²) in [5.41, 5.74) is 0.930. The molecule has 150 valence electrons. The van der Waals surface area contributed by atoms with Gasteiger partial charge in [-0.1, -0.05) is 12.1 Å². The summed E-state index contributed by atoms with van der Waals surface area (Å²) in [6.07, 6.45) is 1.78. The number of carboxylic acids is 1. The molecule has 0 radical (unpaired) electrons. The van der Waals surface area contributed by atoms with E-state index >= 15 is 0 Å². The summed E-state index contributed by atoms with van der Waals surface area (Å²) < 4.78 is 0. The minimum atomic E-state index is -1.08. The number of thiophene rings is 1. The van der Waals surface area contributed by atoms with Crippen LogP contribution in [0.5, 0.6) is 5.75 Å². The van der Waals surface area contributed by atoms with Crippen molar-refractivity contribution in [3.63, 3.8) is 0 Å². The molecule has 29 heavy (non-hydrogen) atoms. The number of carboxylic acid groups (broad SMARTS) is 1. The Kier molecular flexibility index (Phi) is 5.10. The Bertz CT molecular complexity index is 1000. The van der Waals surface area contributed by atoms with Gasteiger partial charge in [-0.25, -0.2) is 4.79 Å². The van der Waals surface area contributed by atoms with E-state index in [4.69, 9.17) is 0 Å². The molecule has 2 N–H and O–H groups in total. The fraction of sp³-hybridized carbons (Fsp3) is 0.250. The van der Waals surface area contributed by atoms with Crippen molar-refractivity contribution in [3.05, 3.63) is 59.1 Å². The molecule has 2 unspecified atom stereocenters. The second-order valence-corrected chi connectivity index (χ2v) is 9.06. The number of β-lactam (4-membered cyclic amide) rings is 1. The predicted octanol–water partition coefficient (Wildman–Crippen LogP) is 2.67. The molecule has 7 nitrogen and oxygen atoms in total. The number of thioether (sulfide) groups is 1. The number of phenolic OH excluding ortho intramolecular Hbond substituents is 1. The Morgan fingerprint density at radius 3 is 2.66 bits per heavy atom. The smallest absolute Gasteiger partial charge is 0.334 e. The van der Waals surface area contributed by atoms with Gasteiger partial charge < -0.3 is 15.1 Å². The van der Waals surface area contributed by atoms with Crippen molar-refractivity contribution in [2.75, 3.05) is 4.90 Å². The Morgan fingerprint density at radius 1 is 1.24 bits per heavy atom. The molecule has 2 aliphatic heterocycles. The lowest BCUT2D eigenvalue weighted by Gasteiger charge is -2.52. The Morgan fingerprint density at radius 2 is 2.03 bits per heavy atom. The quantitative estimate of drug-likeness (QED) is 0.708. The number of aliphatic carboxylic acids is 1. The molecule has 1 fully saturated rings. The molecule has 0 spiro atoms. The van der Waals surface area contributed by atoms with Crippen LogP contribution < -0.4 is 4.90 Å². The largest absolute Gasteiger partial charge is 0.508 e. The SMILES string of the molecule is CC(=O)N(c1cccs1)C1C(=O)N2C=C(C(=O)O)C(Cc3cccc(O)c3)S[C@H]12. The third-order valence-corrected chi connectivity index (χ3v) is 7.30. The standard InChI is InChI=1S/C20H18N2O5S2/c1-11(23)22(16-6-3-7-28-16)17-18(25)21-10-14(20(26)27)15(29-19(17)21)9-12-4-2-5-13(24)8-12/h2-8,10,15,17,19,24H,9H2,1H3,(H,26,27)/t15?,17?,19-/m1/s1. The summed E-state index contributed by atoms with van der Waals surface area (Å²) in [5.74, 6) is -1.49. The summed E-state index contributed by atoms with van der Waals surface area (Å²) in [7, 11) is 0. The van der Waals surface area contributed by atoms with Crippen molar-refractivity contribution in [2.24, 2.45) is 0 Å². The van der Waals surface area contributed by atoms with Gasteiger partial charge in [0.15, 0.2) is 0 Å². The Labute approximate surface area is 175 Å². The number of carbonyl (C=O) groups excluding carboxylic acids is 2. The molecule has 1 saturated heterocycles. The maximum absolute atomic E-state index is 12.8. The van der Waals surface area contributed by atoms with Gasteiger partial charge in [-0.2, -0.15) is 0 Å². The van der Waals surface area contributed by atoms with Gasteiger partial charge in [0.1, 0.15) is 17.2 Å². The molecule has 4 rings (SSSR count). The molecule has 2 aliphatic rings. The summed E-state index contributed by atoms with van der Waals surface area (Å²) in [6.45, 7) is 1.42. The summed E-state index contributed by atoms with van der Waals surface area (Å²) in [6, 6.07) is 9.62. The number of nitrogens with zero attached hydrogens (tertiary/aromatic N) is 2. The summed E-state index contributed by atoms with van der Waals surface area (Å²) >= 11 is 2.73. The monoisotopic (exact) mass is 430 g/mol. The maximum atomic E-state index is 12.8. The number of anilines is 1. The first kappa shape index (κ1) is 19.5. The van der Waals surface area contributed by atoms with Crippen LogP contribution in [0.3, 0.4) is 0 Å². The van der Waals surface area contributed by atoms with E-state index in [9.17, 15) is 24.6 Å². The van der Waals surface area contributed by atoms with Crippen LogP contribution in [0.25, 0.3) is 0 Å². The highest BCUT2D eigenvalue weighted by molar-refractivity contribution is 8.01. The molecular weight excluding hydrogens is 412 g/mol. The van der Waals surface area contributed by atoms with E-state index in [1.165, 1.54) is 46.0 Å². The second kappa shape index (κ2) is 7.57. The molecule has 0 aliphatic carbocycles. The lowest BCUT2D eigenvalue weighted by molar-refractivity contribution is -0.142. The second-order valence-electron chi connectivity index (χ2n) is 6.81. The predicted molar refractivity (Wildman–Crippen MR) is 111 cm³/mol. The minimum Gasteiger partial charge on any atom is -0.508 e. The molecule has 0 bridgehead atoms. The Balaban J connectivity index is 1.64. The summed E-state index contributed by atoms with van der Waals surface area (Å²) in [5, 5.41) is 21.1. The van der Waals surface area contributed by atoms with Crippen LogP contribution in [0.4, 0.5) is 5.00 Å². The number of fused-ring (bicyclic) bond motifs is 1. The van der Waals surface area contributed by atoms with Crippen LogP contribution in [-0.4, -0.2) is 49.6 Å².